The average Bonchev–Trinajstić information content (AvgIpc) is 3.37. The van der Waals surface area contributed by atoms with Crippen LogP contribution in [-0.2, 0) is 16.0 Å². The number of methoxy groups -OCH3 is 1. The number of nitrogens with zero attached hydrogens (tertiary/aromatic N) is 1. The van der Waals surface area contributed by atoms with Gasteiger partial charge in [0.05, 0.1) is 6.61 Å². The number of amides is 1. The number of ether oxygens (including phenoxy) is 2. The molecule has 140 valence electrons. The van der Waals surface area contributed by atoms with E-state index in [1.54, 1.807) is 12.0 Å². The molecule has 2 rings (SSSR count). The number of hydrogen-bond acceptors (Lipinski definition) is 4. The van der Waals surface area contributed by atoms with E-state index in [0.717, 1.165) is 19.0 Å². The van der Waals surface area contributed by atoms with Gasteiger partial charge in [-0.2, -0.15) is 0 Å². The summed E-state index contributed by atoms with van der Waals surface area (Å²) in [5, 5.41) is 3.42. The molecule has 0 aromatic heterocycles. The molecular formula is C20H32N2O3. The summed E-state index contributed by atoms with van der Waals surface area (Å²) in [4.78, 5) is 14.0. The topological polar surface area (TPSA) is 50.8 Å². The van der Waals surface area contributed by atoms with Crippen LogP contribution in [0.5, 0.6) is 0 Å². The Labute approximate surface area is 151 Å². The predicted octanol–water partition coefficient (Wildman–Crippen LogP) is 3.54. The molecule has 0 saturated heterocycles. The maximum absolute atomic E-state index is 12.3. The Morgan fingerprint density at radius 2 is 2.04 bits per heavy atom. The van der Waals surface area contributed by atoms with Crippen molar-refractivity contribution in [2.45, 2.75) is 51.7 Å². The lowest BCUT2D eigenvalue weighted by atomic mass is 10.1. The summed E-state index contributed by atoms with van der Waals surface area (Å²) in [6.07, 6.45) is 2.35. The summed E-state index contributed by atoms with van der Waals surface area (Å²) in [5.74, 6) is 0.775. The molecule has 1 amide bonds. The Kier molecular flexibility index (Phi) is 7.26. The second-order valence-electron chi connectivity index (χ2n) is 7.66. The highest BCUT2D eigenvalue weighted by atomic mass is 16.6. The average molecular weight is 348 g/mol. The molecule has 0 radical (unpaired) electrons. The third kappa shape index (κ3) is 7.45. The van der Waals surface area contributed by atoms with Crippen LogP contribution in [0.25, 0.3) is 0 Å². The lowest BCUT2D eigenvalue weighted by Crippen LogP contribution is -2.42. The van der Waals surface area contributed by atoms with Crippen LogP contribution >= 0.6 is 0 Å². The molecule has 1 fully saturated rings. The molecule has 0 bridgehead atoms. The number of hydrogen-bond donors (Lipinski definition) is 1. The fourth-order valence-corrected chi connectivity index (χ4v) is 2.64. The van der Waals surface area contributed by atoms with Crippen LogP contribution in [0.3, 0.4) is 0 Å². The first-order valence-corrected chi connectivity index (χ1v) is 9.15. The van der Waals surface area contributed by atoms with Gasteiger partial charge in [0.2, 0.25) is 0 Å². The van der Waals surface area contributed by atoms with E-state index >= 15 is 0 Å². The number of benzene rings is 1. The molecular weight excluding hydrogens is 316 g/mol. The van der Waals surface area contributed by atoms with Crippen LogP contribution in [0.2, 0.25) is 0 Å². The second kappa shape index (κ2) is 9.20. The first-order valence-electron chi connectivity index (χ1n) is 9.15. The van der Waals surface area contributed by atoms with E-state index in [1.165, 1.54) is 24.0 Å². The molecule has 1 aromatic carbocycles. The van der Waals surface area contributed by atoms with Crippen LogP contribution in [0, 0.1) is 0 Å². The number of carbonyl (C=O) groups excluding carboxylic acids is 1. The van der Waals surface area contributed by atoms with Crippen molar-refractivity contribution < 1.29 is 14.3 Å². The van der Waals surface area contributed by atoms with Gasteiger partial charge >= 0.3 is 6.09 Å². The summed E-state index contributed by atoms with van der Waals surface area (Å²) in [6, 6.07) is 8.79. The highest BCUT2D eigenvalue weighted by molar-refractivity contribution is 5.68. The van der Waals surface area contributed by atoms with Crippen LogP contribution < -0.4 is 5.32 Å². The van der Waals surface area contributed by atoms with Crippen LogP contribution in [0.1, 0.15) is 50.7 Å². The predicted molar refractivity (Wildman–Crippen MR) is 99.8 cm³/mol. The second-order valence-corrected chi connectivity index (χ2v) is 7.66. The molecule has 5 nitrogen and oxygen atoms in total. The molecule has 0 spiro atoms. The molecule has 0 unspecified atom stereocenters. The highest BCUT2D eigenvalue weighted by Crippen LogP contribution is 2.40. The van der Waals surface area contributed by atoms with Gasteiger partial charge in [-0.15, -0.1) is 0 Å². The molecule has 1 aliphatic carbocycles. The van der Waals surface area contributed by atoms with Gasteiger partial charge in [-0.3, -0.25) is 0 Å². The maximum atomic E-state index is 12.3. The summed E-state index contributed by atoms with van der Waals surface area (Å²) >= 11 is 0. The van der Waals surface area contributed by atoms with Crippen molar-refractivity contribution >= 4 is 6.09 Å². The molecule has 1 aliphatic rings. The van der Waals surface area contributed by atoms with Crippen LogP contribution in [0.4, 0.5) is 4.79 Å². The van der Waals surface area contributed by atoms with E-state index in [4.69, 9.17) is 9.47 Å². The zero-order valence-corrected chi connectivity index (χ0v) is 16.0. The Morgan fingerprint density at radius 1 is 1.28 bits per heavy atom. The molecule has 0 aliphatic heterocycles. The summed E-state index contributed by atoms with van der Waals surface area (Å²) in [5.41, 5.74) is 2.26. The van der Waals surface area contributed by atoms with Crippen LogP contribution in [-0.4, -0.2) is 49.9 Å². The fourth-order valence-electron chi connectivity index (χ4n) is 2.64. The van der Waals surface area contributed by atoms with Gasteiger partial charge in [0.1, 0.15) is 5.60 Å². The van der Waals surface area contributed by atoms with E-state index in [2.05, 4.69) is 29.6 Å². The lowest BCUT2D eigenvalue weighted by molar-refractivity contribution is 0.0204. The minimum absolute atomic E-state index is 0.290. The summed E-state index contributed by atoms with van der Waals surface area (Å²) in [6.45, 7) is 8.80. The first-order chi connectivity index (χ1) is 11.9. The van der Waals surface area contributed by atoms with Crippen molar-refractivity contribution in [3.63, 3.8) is 0 Å². The minimum atomic E-state index is -0.487. The number of nitrogens with one attached hydrogen (secondary N) is 1. The van der Waals surface area contributed by atoms with Gasteiger partial charge in [0, 0.05) is 33.3 Å². The Bertz CT molecular complexity index is 550. The van der Waals surface area contributed by atoms with Gasteiger partial charge in [-0.1, -0.05) is 24.3 Å². The van der Waals surface area contributed by atoms with Crippen molar-refractivity contribution in [1.29, 1.82) is 0 Å². The van der Waals surface area contributed by atoms with E-state index < -0.39 is 5.60 Å². The van der Waals surface area contributed by atoms with Gasteiger partial charge < -0.3 is 19.7 Å². The van der Waals surface area contributed by atoms with E-state index in [-0.39, 0.29) is 6.09 Å². The Morgan fingerprint density at radius 3 is 2.68 bits per heavy atom. The number of rotatable bonds is 9. The summed E-state index contributed by atoms with van der Waals surface area (Å²) < 4.78 is 10.6. The largest absolute Gasteiger partial charge is 0.444 e. The molecule has 1 aromatic rings. The van der Waals surface area contributed by atoms with E-state index in [1.807, 2.05) is 20.8 Å². The normalized spacial score (nSPS) is 14.4. The molecule has 5 heteroatoms. The molecule has 1 N–H and O–H groups in total. The SMILES string of the molecule is COCCN(CCNCc1cccc(C2CC2)c1)C(=O)OC(C)(C)C. The minimum Gasteiger partial charge on any atom is -0.444 e. The van der Waals surface area contributed by atoms with Crippen LogP contribution in [0.15, 0.2) is 24.3 Å². The van der Waals surface area contributed by atoms with Gasteiger partial charge in [0.15, 0.2) is 0 Å². The standard InChI is InChI=1S/C20H32N2O3/c1-20(2,3)25-19(23)22(12-13-24-4)11-10-21-15-16-6-5-7-18(14-16)17-8-9-17/h5-7,14,17,21H,8-13,15H2,1-4H3. The van der Waals surface area contributed by atoms with Gasteiger partial charge in [0.25, 0.3) is 0 Å². The van der Waals surface area contributed by atoms with Crippen molar-refractivity contribution in [2.75, 3.05) is 33.4 Å². The highest BCUT2D eigenvalue weighted by Gasteiger charge is 2.23. The zero-order chi connectivity index (χ0) is 18.3. The van der Waals surface area contributed by atoms with Crippen molar-refractivity contribution in [2.24, 2.45) is 0 Å². The third-order valence-electron chi connectivity index (χ3n) is 4.10. The van der Waals surface area contributed by atoms with Crippen molar-refractivity contribution in [1.82, 2.24) is 10.2 Å². The third-order valence-corrected chi connectivity index (χ3v) is 4.10. The molecule has 0 heterocycles. The maximum Gasteiger partial charge on any atom is 0.410 e. The van der Waals surface area contributed by atoms with E-state index in [9.17, 15) is 4.79 Å². The monoisotopic (exact) mass is 348 g/mol. The fraction of sp³-hybridized carbons (Fsp3) is 0.650. The van der Waals surface area contributed by atoms with Crippen molar-refractivity contribution in [3.8, 4) is 0 Å². The van der Waals surface area contributed by atoms with Gasteiger partial charge in [-0.05, 0) is 50.7 Å². The lowest BCUT2D eigenvalue weighted by Gasteiger charge is -2.27. The molecule has 0 atom stereocenters. The first kappa shape index (κ1) is 19.7. The Balaban J connectivity index is 1.77. The zero-order valence-electron chi connectivity index (χ0n) is 16.0. The van der Waals surface area contributed by atoms with Gasteiger partial charge in [-0.25, -0.2) is 4.79 Å². The summed E-state index contributed by atoms with van der Waals surface area (Å²) in [7, 11) is 1.64. The Hall–Kier alpha value is -1.59. The molecule has 25 heavy (non-hydrogen) atoms. The quantitative estimate of drug-likeness (QED) is 0.694. The van der Waals surface area contributed by atoms with E-state index in [0.29, 0.717) is 19.7 Å². The molecule has 1 saturated carbocycles. The van der Waals surface area contributed by atoms with Crippen molar-refractivity contribution in [3.05, 3.63) is 35.4 Å². The number of carbonyl (C=O) groups is 1. The smallest absolute Gasteiger partial charge is 0.410 e.